The van der Waals surface area contributed by atoms with Crippen molar-refractivity contribution in [1.29, 1.82) is 0 Å². The third-order valence-corrected chi connectivity index (χ3v) is 6.04. The molecule has 2 amide bonds. The van der Waals surface area contributed by atoms with Gasteiger partial charge in [0.2, 0.25) is 0 Å². The molecule has 2 N–H and O–H groups in total. The Morgan fingerprint density at radius 2 is 1.76 bits per heavy atom. The molecule has 3 aromatic heterocycles. The first-order valence-electron chi connectivity index (χ1n) is 11.9. The summed E-state index contributed by atoms with van der Waals surface area (Å²) in [4.78, 5) is 31.0. The number of rotatable bonds is 8. The van der Waals surface area contributed by atoms with Crippen LogP contribution in [0.1, 0.15) is 51.8 Å². The second-order valence-corrected chi connectivity index (χ2v) is 10.0. The fraction of sp³-hybridized carbons (Fsp3) is 0.292. The van der Waals surface area contributed by atoms with Crippen molar-refractivity contribution in [2.24, 2.45) is 0 Å². The highest BCUT2D eigenvalue weighted by atomic mass is 35.5. The lowest BCUT2D eigenvalue weighted by molar-refractivity contribution is -0.292. The van der Waals surface area contributed by atoms with Crippen molar-refractivity contribution >= 4 is 40.7 Å². The van der Waals surface area contributed by atoms with Crippen molar-refractivity contribution in [3.63, 3.8) is 0 Å². The highest BCUT2D eigenvalue weighted by Crippen LogP contribution is 2.41. The maximum Gasteiger partial charge on any atom is 0.461 e. The predicted octanol–water partition coefficient (Wildman–Crippen LogP) is 4.96. The molecule has 0 aliphatic carbocycles. The van der Waals surface area contributed by atoms with Gasteiger partial charge in [0, 0.05) is 17.3 Å². The van der Waals surface area contributed by atoms with E-state index >= 15 is 0 Å². The van der Waals surface area contributed by atoms with Gasteiger partial charge in [0.1, 0.15) is 12.2 Å². The van der Waals surface area contributed by atoms with Gasteiger partial charge in [-0.05, 0) is 61.9 Å². The standard InChI is InChI=1S/C24H20Cl2F5N9O2/c1-11(2)33-20(41)15-8-13(25)7-12(3)18(15)34-21(42)17-9-14(36-40(17)19-16(26)5-4-6-32-19)10-39-37-22(35-38-39)23(27,28)24(29,30)31/h4-9,11H,10H2,1-3H3,(H,33,41)(H,34,42). The summed E-state index contributed by atoms with van der Waals surface area (Å²) in [6.07, 6.45) is -4.57. The van der Waals surface area contributed by atoms with Crippen LogP contribution in [0.4, 0.5) is 27.6 Å². The Labute approximate surface area is 244 Å². The maximum atomic E-state index is 13.6. The van der Waals surface area contributed by atoms with Crippen LogP contribution < -0.4 is 10.6 Å². The van der Waals surface area contributed by atoms with E-state index in [0.29, 0.717) is 10.4 Å². The fourth-order valence-corrected chi connectivity index (χ4v) is 4.15. The topological polar surface area (TPSA) is 133 Å². The minimum atomic E-state index is -5.94. The van der Waals surface area contributed by atoms with Crippen LogP contribution in [-0.2, 0) is 12.5 Å². The lowest BCUT2D eigenvalue weighted by Gasteiger charge is -2.16. The molecule has 222 valence electrons. The average Bonchev–Trinajstić information content (AvgIpc) is 3.52. The lowest BCUT2D eigenvalue weighted by Crippen LogP contribution is -2.35. The number of alkyl halides is 5. The second kappa shape index (κ2) is 11.6. The van der Waals surface area contributed by atoms with Crippen LogP contribution >= 0.6 is 23.2 Å². The van der Waals surface area contributed by atoms with Crippen molar-refractivity contribution in [3.8, 4) is 5.82 Å². The highest BCUT2D eigenvalue weighted by Gasteiger charge is 2.62. The van der Waals surface area contributed by atoms with E-state index in [1.165, 1.54) is 36.5 Å². The summed E-state index contributed by atoms with van der Waals surface area (Å²) in [5, 5.41) is 19.1. The molecule has 0 saturated heterocycles. The smallest absolute Gasteiger partial charge is 0.350 e. The first-order chi connectivity index (χ1) is 19.6. The molecule has 0 aliphatic heterocycles. The van der Waals surface area contributed by atoms with E-state index in [-0.39, 0.29) is 44.5 Å². The Morgan fingerprint density at radius 3 is 2.40 bits per heavy atom. The molecule has 0 unspecified atom stereocenters. The number of carbonyl (C=O) groups is 2. The molecule has 11 nitrogen and oxygen atoms in total. The van der Waals surface area contributed by atoms with Crippen LogP contribution in [-0.4, -0.2) is 59.0 Å². The van der Waals surface area contributed by atoms with Crippen molar-refractivity contribution in [2.45, 2.75) is 45.5 Å². The zero-order valence-electron chi connectivity index (χ0n) is 21.8. The Hall–Kier alpha value is -4.18. The van der Waals surface area contributed by atoms with Crippen LogP contribution in [0.15, 0.2) is 36.5 Å². The molecule has 0 bridgehead atoms. The van der Waals surface area contributed by atoms with E-state index in [2.05, 4.69) is 36.1 Å². The molecule has 42 heavy (non-hydrogen) atoms. The van der Waals surface area contributed by atoms with E-state index in [1.54, 1.807) is 20.8 Å². The normalized spacial score (nSPS) is 12.1. The number of carbonyl (C=O) groups excluding carboxylic acids is 2. The highest BCUT2D eigenvalue weighted by molar-refractivity contribution is 6.32. The van der Waals surface area contributed by atoms with Crippen molar-refractivity contribution in [2.75, 3.05) is 5.32 Å². The maximum absolute atomic E-state index is 13.6. The van der Waals surface area contributed by atoms with Crippen LogP contribution in [0.25, 0.3) is 5.82 Å². The summed E-state index contributed by atoms with van der Waals surface area (Å²) in [7, 11) is 0. The molecule has 0 fully saturated rings. The number of halogens is 7. The number of aryl methyl sites for hydroxylation is 1. The number of nitrogens with one attached hydrogen (secondary N) is 2. The Kier molecular flexibility index (Phi) is 8.50. The molecule has 4 aromatic rings. The first kappa shape index (κ1) is 30.8. The molecular formula is C24H20Cl2F5N9O2. The van der Waals surface area contributed by atoms with Gasteiger partial charge >= 0.3 is 12.1 Å². The van der Waals surface area contributed by atoms with Gasteiger partial charge in [0.15, 0.2) is 5.82 Å². The quantitative estimate of drug-likeness (QED) is 0.263. The minimum absolute atomic E-state index is 0.00277. The molecule has 3 heterocycles. The number of pyridine rings is 1. The van der Waals surface area contributed by atoms with E-state index < -0.39 is 36.3 Å². The Balaban J connectivity index is 1.73. The SMILES string of the molecule is Cc1cc(Cl)cc(C(=O)NC(C)C)c1NC(=O)c1cc(Cn2nnc(C(F)(F)C(F)(F)F)n2)nn1-c1ncccc1Cl. The Morgan fingerprint density at radius 1 is 1.05 bits per heavy atom. The average molecular weight is 632 g/mol. The zero-order chi connectivity index (χ0) is 31.0. The third-order valence-electron chi connectivity index (χ3n) is 5.53. The number of nitrogens with zero attached hydrogens (tertiary/aromatic N) is 7. The molecule has 0 radical (unpaired) electrons. The van der Waals surface area contributed by atoms with Crippen molar-refractivity contribution < 1.29 is 31.5 Å². The number of hydrogen-bond donors (Lipinski definition) is 2. The number of benzene rings is 1. The summed E-state index contributed by atoms with van der Waals surface area (Å²) < 4.78 is 66.5. The molecule has 0 aliphatic rings. The second-order valence-electron chi connectivity index (χ2n) is 9.18. The number of hydrogen-bond acceptors (Lipinski definition) is 7. The molecule has 18 heteroatoms. The van der Waals surface area contributed by atoms with Gasteiger partial charge in [-0.1, -0.05) is 23.2 Å². The Bertz CT molecular complexity index is 1650. The van der Waals surface area contributed by atoms with Crippen LogP contribution in [0.5, 0.6) is 0 Å². The van der Waals surface area contributed by atoms with Gasteiger partial charge in [0.25, 0.3) is 17.6 Å². The van der Waals surface area contributed by atoms with Gasteiger partial charge in [-0.25, -0.2) is 9.67 Å². The summed E-state index contributed by atoms with van der Waals surface area (Å²) in [6.45, 7) is 4.57. The fourth-order valence-electron chi connectivity index (χ4n) is 3.68. The van der Waals surface area contributed by atoms with E-state index in [4.69, 9.17) is 23.2 Å². The molecule has 0 saturated carbocycles. The van der Waals surface area contributed by atoms with Gasteiger partial charge < -0.3 is 10.6 Å². The van der Waals surface area contributed by atoms with Crippen LogP contribution in [0.2, 0.25) is 10.0 Å². The zero-order valence-corrected chi connectivity index (χ0v) is 23.4. The molecule has 1 aromatic carbocycles. The summed E-state index contributed by atoms with van der Waals surface area (Å²) in [6, 6.07) is 6.88. The third kappa shape index (κ3) is 6.33. The predicted molar refractivity (Wildman–Crippen MR) is 140 cm³/mol. The van der Waals surface area contributed by atoms with Crippen molar-refractivity contribution in [1.82, 2.24) is 40.3 Å². The molecule has 0 spiro atoms. The van der Waals surface area contributed by atoms with Gasteiger partial charge in [-0.2, -0.15) is 31.8 Å². The number of amides is 2. The lowest BCUT2D eigenvalue weighted by atomic mass is 10.1. The van der Waals surface area contributed by atoms with Crippen LogP contribution in [0.3, 0.4) is 0 Å². The van der Waals surface area contributed by atoms with Gasteiger partial charge in [0.05, 0.1) is 22.0 Å². The minimum Gasteiger partial charge on any atom is -0.350 e. The number of anilines is 1. The van der Waals surface area contributed by atoms with Gasteiger partial charge in [-0.15, -0.1) is 10.2 Å². The molecule has 4 rings (SSSR count). The van der Waals surface area contributed by atoms with Crippen LogP contribution in [0, 0.1) is 6.92 Å². The molecule has 0 atom stereocenters. The van der Waals surface area contributed by atoms with Crippen molar-refractivity contribution in [3.05, 3.63) is 74.9 Å². The summed E-state index contributed by atoms with van der Waals surface area (Å²) in [5.74, 6) is -8.50. The summed E-state index contributed by atoms with van der Waals surface area (Å²) >= 11 is 12.4. The number of aromatic nitrogens is 7. The monoisotopic (exact) mass is 631 g/mol. The van der Waals surface area contributed by atoms with Gasteiger partial charge in [-0.3, -0.25) is 9.59 Å². The van der Waals surface area contributed by atoms with E-state index in [9.17, 15) is 31.5 Å². The largest absolute Gasteiger partial charge is 0.461 e. The van der Waals surface area contributed by atoms with E-state index in [0.717, 1.165) is 4.68 Å². The number of tetrazole rings is 1. The first-order valence-corrected chi connectivity index (χ1v) is 12.7. The summed E-state index contributed by atoms with van der Waals surface area (Å²) in [5.41, 5.74) is 0.440. The van der Waals surface area contributed by atoms with E-state index in [1.807, 2.05) is 0 Å². The molecular weight excluding hydrogens is 612 g/mol.